The molecule has 0 aromatic carbocycles. The number of amides is 1. The molecule has 0 aromatic rings. The molecule has 1 aliphatic heterocycles. The van der Waals surface area contributed by atoms with E-state index in [1.165, 1.54) is 0 Å². The van der Waals surface area contributed by atoms with E-state index in [4.69, 9.17) is 11.5 Å². The molecule has 1 saturated heterocycles. The predicted molar refractivity (Wildman–Crippen MR) is 54.5 cm³/mol. The van der Waals surface area contributed by atoms with E-state index in [0.717, 1.165) is 32.4 Å². The highest BCUT2D eigenvalue weighted by Crippen LogP contribution is 2.47. The van der Waals surface area contributed by atoms with Crippen molar-refractivity contribution < 1.29 is 4.79 Å². The van der Waals surface area contributed by atoms with Crippen molar-refractivity contribution in [1.29, 1.82) is 0 Å². The third kappa shape index (κ3) is 1.53. The molecule has 4 N–H and O–H groups in total. The van der Waals surface area contributed by atoms with E-state index in [2.05, 4.69) is 0 Å². The van der Waals surface area contributed by atoms with Crippen molar-refractivity contribution in [2.24, 2.45) is 16.9 Å². The van der Waals surface area contributed by atoms with E-state index in [-0.39, 0.29) is 11.9 Å². The van der Waals surface area contributed by atoms with E-state index >= 15 is 0 Å². The second-order valence-electron chi connectivity index (χ2n) is 4.97. The van der Waals surface area contributed by atoms with Gasteiger partial charge in [-0.15, -0.1) is 0 Å². The summed E-state index contributed by atoms with van der Waals surface area (Å²) in [6.07, 6.45) is 3.27. The molecular formula is C10H19N3O. The van der Waals surface area contributed by atoms with Gasteiger partial charge in [-0.3, -0.25) is 4.79 Å². The third-order valence-corrected chi connectivity index (χ3v) is 3.53. The fourth-order valence-electron chi connectivity index (χ4n) is 2.80. The molecule has 1 amide bonds. The number of rotatable bonds is 1. The molecule has 2 fully saturated rings. The van der Waals surface area contributed by atoms with Gasteiger partial charge >= 0.3 is 0 Å². The molecule has 4 heteroatoms. The molecular weight excluding hydrogens is 178 g/mol. The molecule has 0 unspecified atom stereocenters. The predicted octanol–water partition coefficient (Wildman–Crippen LogP) is -0.327. The Bertz CT molecular complexity index is 246. The van der Waals surface area contributed by atoms with Gasteiger partial charge in [0.15, 0.2) is 0 Å². The Hall–Kier alpha value is -0.610. The summed E-state index contributed by atoms with van der Waals surface area (Å²) in [5.41, 5.74) is 11.7. The van der Waals surface area contributed by atoms with Crippen molar-refractivity contribution in [3.8, 4) is 0 Å². The van der Waals surface area contributed by atoms with Crippen LogP contribution in [0.2, 0.25) is 0 Å². The molecule has 1 saturated carbocycles. The summed E-state index contributed by atoms with van der Waals surface area (Å²) in [5.74, 6) is 0.0855. The third-order valence-electron chi connectivity index (χ3n) is 3.53. The Morgan fingerprint density at radius 1 is 1.57 bits per heavy atom. The lowest BCUT2D eigenvalue weighted by Crippen LogP contribution is -2.49. The molecule has 4 nitrogen and oxygen atoms in total. The van der Waals surface area contributed by atoms with Crippen LogP contribution in [-0.4, -0.2) is 36.0 Å². The minimum Gasteiger partial charge on any atom is -0.341 e. The second kappa shape index (κ2) is 3.21. The molecule has 1 heterocycles. The molecule has 0 radical (unpaired) electrons. The standard InChI is InChI=1S/C10H19N3O/c1-7(11)9(14)13-3-2-10(6-13)4-8(12)5-10/h7-8H,2-6,11-12H2,1H3/t7-,8?,10?/m1/s1. The fraction of sp³-hybridized carbons (Fsp3) is 0.900. The lowest BCUT2D eigenvalue weighted by molar-refractivity contribution is -0.131. The quantitative estimate of drug-likeness (QED) is 0.605. The molecule has 1 spiro atoms. The van der Waals surface area contributed by atoms with Crippen LogP contribution in [0.15, 0.2) is 0 Å². The number of carbonyl (C=O) groups excluding carboxylic acids is 1. The van der Waals surface area contributed by atoms with Crippen molar-refractivity contribution in [1.82, 2.24) is 4.90 Å². The van der Waals surface area contributed by atoms with Gasteiger partial charge in [0.05, 0.1) is 6.04 Å². The van der Waals surface area contributed by atoms with Crippen LogP contribution in [-0.2, 0) is 4.79 Å². The van der Waals surface area contributed by atoms with E-state index in [9.17, 15) is 4.79 Å². The maximum Gasteiger partial charge on any atom is 0.239 e. The number of hydrogen-bond donors (Lipinski definition) is 2. The van der Waals surface area contributed by atoms with Gasteiger partial charge in [0.1, 0.15) is 0 Å². The van der Waals surface area contributed by atoms with Gasteiger partial charge in [-0.1, -0.05) is 0 Å². The fourth-order valence-corrected chi connectivity index (χ4v) is 2.80. The highest BCUT2D eigenvalue weighted by Gasteiger charge is 2.48. The Labute approximate surface area is 84.6 Å². The van der Waals surface area contributed by atoms with Gasteiger partial charge in [-0.05, 0) is 31.6 Å². The molecule has 1 aliphatic carbocycles. The minimum atomic E-state index is -0.362. The highest BCUT2D eigenvalue weighted by molar-refractivity contribution is 5.81. The zero-order valence-electron chi connectivity index (χ0n) is 8.70. The molecule has 80 valence electrons. The van der Waals surface area contributed by atoms with Gasteiger partial charge in [0.2, 0.25) is 5.91 Å². The van der Waals surface area contributed by atoms with Crippen molar-refractivity contribution in [3.05, 3.63) is 0 Å². The Kier molecular flexibility index (Phi) is 2.27. The second-order valence-corrected chi connectivity index (χ2v) is 4.97. The lowest BCUT2D eigenvalue weighted by atomic mass is 9.65. The normalized spacial score (nSPS) is 38.5. The van der Waals surface area contributed by atoms with E-state index < -0.39 is 0 Å². The molecule has 0 aromatic heterocycles. The topological polar surface area (TPSA) is 72.4 Å². The summed E-state index contributed by atoms with van der Waals surface area (Å²) in [6.45, 7) is 3.49. The molecule has 1 atom stereocenters. The van der Waals surface area contributed by atoms with E-state index in [1.54, 1.807) is 6.92 Å². The van der Waals surface area contributed by atoms with Crippen molar-refractivity contribution >= 4 is 5.91 Å². The van der Waals surface area contributed by atoms with Gasteiger partial charge in [0.25, 0.3) is 0 Å². The SMILES string of the molecule is C[C@@H](N)C(=O)N1CCC2(CC(N)C2)C1. The number of nitrogens with two attached hydrogens (primary N) is 2. The average Bonchev–Trinajstić information content (AvgIpc) is 2.47. The van der Waals surface area contributed by atoms with Gasteiger partial charge in [-0.2, -0.15) is 0 Å². The summed E-state index contributed by atoms with van der Waals surface area (Å²) in [5, 5.41) is 0. The molecule has 2 aliphatic rings. The maximum atomic E-state index is 11.6. The Morgan fingerprint density at radius 2 is 2.21 bits per heavy atom. The largest absolute Gasteiger partial charge is 0.341 e. The van der Waals surface area contributed by atoms with Crippen molar-refractivity contribution in [2.75, 3.05) is 13.1 Å². The summed E-state index contributed by atoms with van der Waals surface area (Å²) < 4.78 is 0. The number of likely N-dealkylation sites (tertiary alicyclic amines) is 1. The van der Waals surface area contributed by atoms with Crippen LogP contribution in [0.3, 0.4) is 0 Å². The average molecular weight is 197 g/mol. The number of hydrogen-bond acceptors (Lipinski definition) is 3. The maximum absolute atomic E-state index is 11.6. The first-order valence-corrected chi connectivity index (χ1v) is 5.32. The minimum absolute atomic E-state index is 0.0855. The Morgan fingerprint density at radius 3 is 2.71 bits per heavy atom. The van der Waals surface area contributed by atoms with Crippen molar-refractivity contribution in [2.45, 2.75) is 38.3 Å². The lowest BCUT2D eigenvalue weighted by Gasteiger charge is -2.43. The first-order valence-electron chi connectivity index (χ1n) is 5.32. The van der Waals surface area contributed by atoms with E-state index in [0.29, 0.717) is 11.5 Å². The molecule has 2 rings (SSSR count). The number of carbonyl (C=O) groups is 1. The summed E-state index contributed by atoms with van der Waals surface area (Å²) in [6, 6.07) is -0.000693. The van der Waals surface area contributed by atoms with Crippen LogP contribution in [0.1, 0.15) is 26.2 Å². The Balaban J connectivity index is 1.92. The zero-order valence-corrected chi connectivity index (χ0v) is 8.70. The smallest absolute Gasteiger partial charge is 0.239 e. The molecule has 14 heavy (non-hydrogen) atoms. The van der Waals surface area contributed by atoms with Crippen LogP contribution < -0.4 is 11.5 Å². The van der Waals surface area contributed by atoms with E-state index in [1.807, 2.05) is 4.90 Å². The van der Waals surface area contributed by atoms with Gasteiger partial charge in [-0.25, -0.2) is 0 Å². The van der Waals surface area contributed by atoms with Crippen LogP contribution in [0.25, 0.3) is 0 Å². The van der Waals surface area contributed by atoms with Crippen LogP contribution >= 0.6 is 0 Å². The number of nitrogens with zero attached hydrogens (tertiary/aromatic N) is 1. The van der Waals surface area contributed by atoms with Crippen LogP contribution in [0, 0.1) is 5.41 Å². The summed E-state index contributed by atoms with van der Waals surface area (Å²) >= 11 is 0. The summed E-state index contributed by atoms with van der Waals surface area (Å²) in [4.78, 5) is 13.5. The van der Waals surface area contributed by atoms with Crippen LogP contribution in [0.5, 0.6) is 0 Å². The summed E-state index contributed by atoms with van der Waals surface area (Å²) in [7, 11) is 0. The monoisotopic (exact) mass is 197 g/mol. The first kappa shape index (κ1) is 9.93. The zero-order chi connectivity index (χ0) is 10.3. The first-order chi connectivity index (χ1) is 6.52. The van der Waals surface area contributed by atoms with Gasteiger partial charge < -0.3 is 16.4 Å². The van der Waals surface area contributed by atoms with Crippen LogP contribution in [0.4, 0.5) is 0 Å². The molecule has 0 bridgehead atoms. The van der Waals surface area contributed by atoms with Crippen molar-refractivity contribution in [3.63, 3.8) is 0 Å². The van der Waals surface area contributed by atoms with Gasteiger partial charge in [0, 0.05) is 19.1 Å². The highest BCUT2D eigenvalue weighted by atomic mass is 16.2.